The number of nitrogens with zero attached hydrogens (tertiary/aromatic N) is 1. The maximum Gasteiger partial charge on any atom is 0.276 e. The van der Waals surface area contributed by atoms with Crippen molar-refractivity contribution in [3.63, 3.8) is 0 Å². The van der Waals surface area contributed by atoms with Gasteiger partial charge in [-0.15, -0.1) is 0 Å². The molecular weight excluding hydrogens is 327 g/mol. The van der Waals surface area contributed by atoms with E-state index >= 15 is 0 Å². The molecule has 0 aliphatic heterocycles. The molecule has 2 rings (SSSR count). The summed E-state index contributed by atoms with van der Waals surface area (Å²) < 4.78 is 19.4. The van der Waals surface area contributed by atoms with E-state index < -0.39 is 22.3 Å². The van der Waals surface area contributed by atoms with Gasteiger partial charge in [0.15, 0.2) is 0 Å². The van der Waals surface area contributed by atoms with Crippen molar-refractivity contribution in [2.45, 2.75) is 27.2 Å². The Bertz CT molecular complexity index is 821. The SMILES string of the molecule is CCCOc1ccc(NC(=O)c2cc(F)c(C)c([N+](=O)[O-])c2)c(C)c1. The normalized spacial score (nSPS) is 10.4. The van der Waals surface area contributed by atoms with Crippen LogP contribution < -0.4 is 10.1 Å². The second kappa shape index (κ2) is 7.74. The summed E-state index contributed by atoms with van der Waals surface area (Å²) >= 11 is 0. The molecule has 132 valence electrons. The third-order valence-corrected chi connectivity index (χ3v) is 3.69. The average Bonchev–Trinajstić information content (AvgIpc) is 2.57. The lowest BCUT2D eigenvalue weighted by molar-refractivity contribution is -0.385. The number of hydrogen-bond donors (Lipinski definition) is 1. The third kappa shape index (κ3) is 4.32. The number of carbonyl (C=O) groups is 1. The Hall–Kier alpha value is -2.96. The van der Waals surface area contributed by atoms with Crippen LogP contribution in [0.25, 0.3) is 0 Å². The Morgan fingerprint density at radius 1 is 1.28 bits per heavy atom. The topological polar surface area (TPSA) is 81.5 Å². The van der Waals surface area contributed by atoms with E-state index in [2.05, 4.69) is 5.32 Å². The number of ether oxygens (including phenoxy) is 1. The van der Waals surface area contributed by atoms with E-state index in [0.29, 0.717) is 18.0 Å². The zero-order valence-electron chi connectivity index (χ0n) is 14.3. The number of carbonyl (C=O) groups excluding carboxylic acids is 1. The minimum atomic E-state index is -0.792. The van der Waals surface area contributed by atoms with Crippen molar-refractivity contribution in [2.75, 3.05) is 11.9 Å². The van der Waals surface area contributed by atoms with E-state index in [-0.39, 0.29) is 11.1 Å². The fraction of sp³-hybridized carbons (Fsp3) is 0.278. The molecule has 0 atom stereocenters. The van der Waals surface area contributed by atoms with E-state index in [9.17, 15) is 19.3 Å². The molecule has 0 aliphatic rings. The molecule has 0 bridgehead atoms. The minimum absolute atomic E-state index is 0.102. The van der Waals surface area contributed by atoms with Crippen LogP contribution in [0.4, 0.5) is 15.8 Å². The lowest BCUT2D eigenvalue weighted by atomic mass is 10.1. The molecular formula is C18H19FN2O4. The van der Waals surface area contributed by atoms with E-state index in [1.807, 2.05) is 6.92 Å². The highest BCUT2D eigenvalue weighted by molar-refractivity contribution is 6.05. The number of hydrogen-bond acceptors (Lipinski definition) is 4. The monoisotopic (exact) mass is 346 g/mol. The summed E-state index contributed by atoms with van der Waals surface area (Å²) in [6.45, 7) is 5.69. The Kier molecular flexibility index (Phi) is 5.69. The average molecular weight is 346 g/mol. The maximum absolute atomic E-state index is 13.8. The zero-order chi connectivity index (χ0) is 18.6. The predicted octanol–water partition coefficient (Wildman–Crippen LogP) is 4.39. The Balaban J connectivity index is 2.24. The summed E-state index contributed by atoms with van der Waals surface area (Å²) in [5.74, 6) is -0.721. The number of rotatable bonds is 6. The molecule has 2 aromatic carbocycles. The van der Waals surface area contributed by atoms with Crippen molar-refractivity contribution in [3.8, 4) is 5.75 Å². The van der Waals surface area contributed by atoms with Crippen LogP contribution >= 0.6 is 0 Å². The van der Waals surface area contributed by atoms with Crippen molar-refractivity contribution in [2.24, 2.45) is 0 Å². The van der Waals surface area contributed by atoms with Gasteiger partial charge in [0, 0.05) is 17.3 Å². The molecule has 0 heterocycles. The summed E-state index contributed by atoms with van der Waals surface area (Å²) in [5, 5.41) is 13.6. The summed E-state index contributed by atoms with van der Waals surface area (Å²) in [6.07, 6.45) is 0.884. The second-order valence-corrected chi connectivity index (χ2v) is 5.64. The molecule has 0 aromatic heterocycles. The largest absolute Gasteiger partial charge is 0.494 e. The first kappa shape index (κ1) is 18.4. The molecule has 0 saturated carbocycles. The van der Waals surface area contributed by atoms with Crippen LogP contribution in [-0.4, -0.2) is 17.4 Å². The van der Waals surface area contributed by atoms with Gasteiger partial charge in [-0.3, -0.25) is 14.9 Å². The number of nitro groups is 1. The molecule has 0 unspecified atom stereocenters. The molecule has 1 N–H and O–H groups in total. The third-order valence-electron chi connectivity index (χ3n) is 3.69. The Labute approximate surface area is 144 Å². The van der Waals surface area contributed by atoms with Crippen molar-refractivity contribution < 1.29 is 18.8 Å². The molecule has 0 radical (unpaired) electrons. The molecule has 0 fully saturated rings. The van der Waals surface area contributed by atoms with Gasteiger partial charge in [0.2, 0.25) is 0 Å². The number of nitrogens with one attached hydrogen (secondary N) is 1. The first-order chi connectivity index (χ1) is 11.8. The maximum atomic E-state index is 13.8. The molecule has 25 heavy (non-hydrogen) atoms. The van der Waals surface area contributed by atoms with Crippen LogP contribution in [0.5, 0.6) is 5.75 Å². The van der Waals surface area contributed by atoms with Gasteiger partial charge in [-0.2, -0.15) is 0 Å². The van der Waals surface area contributed by atoms with Gasteiger partial charge in [-0.05, 0) is 50.1 Å². The van der Waals surface area contributed by atoms with Gasteiger partial charge >= 0.3 is 0 Å². The molecule has 7 heteroatoms. The molecule has 0 aliphatic carbocycles. The predicted molar refractivity (Wildman–Crippen MR) is 92.7 cm³/mol. The lowest BCUT2D eigenvalue weighted by Gasteiger charge is -2.11. The van der Waals surface area contributed by atoms with Crippen LogP contribution in [0.3, 0.4) is 0 Å². The highest BCUT2D eigenvalue weighted by Crippen LogP contribution is 2.25. The molecule has 2 aromatic rings. The van der Waals surface area contributed by atoms with Gasteiger partial charge in [-0.25, -0.2) is 4.39 Å². The van der Waals surface area contributed by atoms with E-state index in [1.165, 1.54) is 6.92 Å². The highest BCUT2D eigenvalue weighted by Gasteiger charge is 2.19. The van der Waals surface area contributed by atoms with Gasteiger partial charge in [0.05, 0.1) is 17.1 Å². The van der Waals surface area contributed by atoms with Crippen LogP contribution in [0.2, 0.25) is 0 Å². The first-order valence-corrected chi connectivity index (χ1v) is 7.82. The summed E-state index contributed by atoms with van der Waals surface area (Å²) in [4.78, 5) is 22.6. The Morgan fingerprint density at radius 2 is 2.00 bits per heavy atom. The van der Waals surface area contributed by atoms with E-state index in [1.54, 1.807) is 25.1 Å². The molecule has 6 nitrogen and oxygen atoms in total. The van der Waals surface area contributed by atoms with Gasteiger partial charge in [0.25, 0.3) is 11.6 Å². The standard InChI is InChI=1S/C18H19FN2O4/c1-4-7-25-14-5-6-16(11(2)8-14)20-18(22)13-9-15(19)12(3)17(10-13)21(23)24/h5-6,8-10H,4,7H2,1-3H3,(H,20,22). The smallest absolute Gasteiger partial charge is 0.276 e. The number of benzene rings is 2. The molecule has 1 amide bonds. The van der Waals surface area contributed by atoms with Crippen molar-refractivity contribution in [3.05, 3.63) is 63.0 Å². The van der Waals surface area contributed by atoms with Crippen LogP contribution in [0, 0.1) is 29.8 Å². The van der Waals surface area contributed by atoms with E-state index in [0.717, 1.165) is 24.1 Å². The minimum Gasteiger partial charge on any atom is -0.494 e. The molecule has 0 spiro atoms. The first-order valence-electron chi connectivity index (χ1n) is 7.82. The molecule has 0 saturated heterocycles. The number of halogens is 1. The van der Waals surface area contributed by atoms with Crippen molar-refractivity contribution >= 4 is 17.3 Å². The lowest BCUT2D eigenvalue weighted by Crippen LogP contribution is -2.14. The Morgan fingerprint density at radius 3 is 2.60 bits per heavy atom. The second-order valence-electron chi connectivity index (χ2n) is 5.64. The fourth-order valence-electron chi connectivity index (χ4n) is 2.27. The van der Waals surface area contributed by atoms with Gasteiger partial charge in [-0.1, -0.05) is 6.92 Å². The number of nitro benzene ring substituents is 1. The van der Waals surface area contributed by atoms with Crippen molar-refractivity contribution in [1.29, 1.82) is 0 Å². The van der Waals surface area contributed by atoms with Crippen LogP contribution in [0.1, 0.15) is 34.8 Å². The van der Waals surface area contributed by atoms with Crippen LogP contribution in [0.15, 0.2) is 30.3 Å². The highest BCUT2D eigenvalue weighted by atomic mass is 19.1. The fourth-order valence-corrected chi connectivity index (χ4v) is 2.27. The zero-order valence-corrected chi connectivity index (χ0v) is 14.3. The van der Waals surface area contributed by atoms with Gasteiger partial charge in [0.1, 0.15) is 11.6 Å². The van der Waals surface area contributed by atoms with Gasteiger partial charge < -0.3 is 10.1 Å². The summed E-state index contributed by atoms with van der Waals surface area (Å²) in [5.41, 5.74) is 0.655. The number of anilines is 1. The van der Waals surface area contributed by atoms with Crippen LogP contribution in [-0.2, 0) is 0 Å². The van der Waals surface area contributed by atoms with Crippen molar-refractivity contribution in [1.82, 2.24) is 0 Å². The number of amides is 1. The van der Waals surface area contributed by atoms with E-state index in [4.69, 9.17) is 4.74 Å². The summed E-state index contributed by atoms with van der Waals surface area (Å²) in [6, 6.07) is 7.24. The number of aryl methyl sites for hydroxylation is 1. The quantitative estimate of drug-likeness (QED) is 0.621. The summed E-state index contributed by atoms with van der Waals surface area (Å²) in [7, 11) is 0.